The monoisotopic (exact) mass is 713 g/mol. The number of nitrogen functional groups attached to an aromatic ring is 1. The average molecular weight is 714 g/mol. The van der Waals surface area contributed by atoms with Crippen molar-refractivity contribution in [2.75, 3.05) is 30.2 Å². The van der Waals surface area contributed by atoms with Gasteiger partial charge in [-0.15, -0.1) is 0 Å². The van der Waals surface area contributed by atoms with Gasteiger partial charge in [0.05, 0.1) is 25.6 Å². The van der Waals surface area contributed by atoms with Gasteiger partial charge in [-0.3, -0.25) is 4.57 Å². The number of fused-ring (bicyclic) bond motifs is 1. The highest BCUT2D eigenvalue weighted by Gasteiger charge is 2.65. The topological polar surface area (TPSA) is 125 Å². The number of hydrogen-bond donors (Lipinski definition) is 2. The third kappa shape index (κ3) is 13.8. The smallest absolute Gasteiger partial charge is 0.353 e. The van der Waals surface area contributed by atoms with Gasteiger partial charge in [0.2, 0.25) is 0 Å². The van der Waals surface area contributed by atoms with E-state index in [-0.39, 0.29) is 24.1 Å². The molecule has 3 aromatic rings. The molecule has 0 amide bonds. The third-order valence-electron chi connectivity index (χ3n) is 6.80. The van der Waals surface area contributed by atoms with Crippen molar-refractivity contribution in [2.24, 2.45) is 0 Å². The second-order valence-electron chi connectivity index (χ2n) is 10.9. The molecule has 0 saturated heterocycles. The van der Waals surface area contributed by atoms with E-state index in [1.807, 2.05) is 0 Å². The minimum Gasteiger partial charge on any atom is -0.382 e. The van der Waals surface area contributed by atoms with Gasteiger partial charge in [0.25, 0.3) is 0 Å². The summed E-state index contributed by atoms with van der Waals surface area (Å²) in [4.78, 5) is 20.4. The van der Waals surface area contributed by atoms with Gasteiger partial charge >= 0.3 is 17.8 Å². The lowest BCUT2D eigenvalue weighted by molar-refractivity contribution is 0.0724. The second-order valence-corrected chi connectivity index (χ2v) is 16.3. The number of nitrogens with two attached hydrogens (primary N) is 1. The van der Waals surface area contributed by atoms with Crippen LogP contribution in [0, 0.1) is 11.8 Å². The first-order valence-corrected chi connectivity index (χ1v) is 19.8. The number of imidazole rings is 1. The molecule has 0 aliphatic heterocycles. The first-order valence-electron chi connectivity index (χ1n) is 14.9. The Morgan fingerprint density at radius 2 is 1.63 bits per heavy atom. The Kier molecular flexibility index (Phi) is 13.3. The number of unbranched alkanes of at least 4 members (excludes halogenated alkanes) is 8. The van der Waals surface area contributed by atoms with Gasteiger partial charge in [0.15, 0.2) is 11.5 Å². The Morgan fingerprint density at radius 1 is 0.978 bits per heavy atom. The van der Waals surface area contributed by atoms with E-state index in [2.05, 4.69) is 26.8 Å². The van der Waals surface area contributed by atoms with E-state index in [0.717, 1.165) is 69.3 Å². The lowest BCUT2D eigenvalue weighted by Crippen LogP contribution is -2.17. The van der Waals surface area contributed by atoms with Crippen molar-refractivity contribution in [2.45, 2.75) is 82.3 Å². The van der Waals surface area contributed by atoms with Gasteiger partial charge < -0.3 is 24.5 Å². The van der Waals surface area contributed by atoms with Crippen LogP contribution in [0.2, 0.25) is 0 Å². The van der Waals surface area contributed by atoms with Crippen molar-refractivity contribution in [3.8, 4) is 11.8 Å². The van der Waals surface area contributed by atoms with E-state index in [0.29, 0.717) is 42.0 Å². The molecule has 46 heavy (non-hydrogen) atoms. The van der Waals surface area contributed by atoms with Gasteiger partial charge in [-0.2, -0.15) is 11.8 Å². The van der Waals surface area contributed by atoms with Crippen molar-refractivity contribution < 1.29 is 38.1 Å². The number of benzene rings is 1. The van der Waals surface area contributed by atoms with Crippen molar-refractivity contribution in [1.29, 1.82) is 0 Å². The maximum Gasteiger partial charge on any atom is 0.353 e. The van der Waals surface area contributed by atoms with E-state index in [9.17, 15) is 28.9 Å². The molecule has 0 fully saturated rings. The maximum absolute atomic E-state index is 12.8. The number of aromatic nitrogens is 4. The van der Waals surface area contributed by atoms with Crippen molar-refractivity contribution >= 4 is 46.6 Å². The van der Waals surface area contributed by atoms with Crippen LogP contribution in [-0.2, 0) is 20.4 Å². The van der Waals surface area contributed by atoms with E-state index >= 15 is 0 Å². The van der Waals surface area contributed by atoms with E-state index in [1.165, 1.54) is 6.33 Å². The molecule has 2 heterocycles. The second kappa shape index (κ2) is 16.1. The highest BCUT2D eigenvalue weighted by Crippen LogP contribution is 3.02. The number of halogens is 5. The molecule has 3 rings (SSSR count). The third-order valence-corrected chi connectivity index (χ3v) is 10.1. The summed E-state index contributed by atoms with van der Waals surface area (Å²) in [6.07, 6.45) is 11.2. The lowest BCUT2D eigenvalue weighted by atomic mass is 10.1. The fourth-order valence-electron chi connectivity index (χ4n) is 4.40. The number of thioether (sulfide) groups is 1. The Balaban J connectivity index is 1.13. The highest BCUT2D eigenvalue weighted by atomic mass is 32.5. The molecule has 3 N–H and O–H groups in total. The number of nitrogens with zero attached hydrogens (tertiary/aromatic N) is 4. The Bertz CT molecular complexity index is 1520. The maximum atomic E-state index is 12.8. The molecule has 2 aromatic heterocycles. The summed E-state index contributed by atoms with van der Waals surface area (Å²) >= 11 is 1.68. The number of ether oxygens (including phenoxy) is 1. The molecule has 0 aliphatic rings. The van der Waals surface area contributed by atoms with Crippen LogP contribution in [0.4, 0.5) is 25.2 Å². The minimum absolute atomic E-state index is 0.160. The normalized spacial score (nSPS) is 15.5. The van der Waals surface area contributed by atoms with Crippen LogP contribution in [0.3, 0.4) is 0 Å². The summed E-state index contributed by atoms with van der Waals surface area (Å²) in [5.74, 6) is 7.44. The van der Waals surface area contributed by atoms with Crippen LogP contribution in [-0.4, -0.2) is 55.0 Å². The Hall–Kier alpha value is -2.41. The number of anilines is 1. The van der Waals surface area contributed by atoms with E-state index in [1.54, 1.807) is 29.6 Å². The zero-order valence-corrected chi connectivity index (χ0v) is 28.2. The average Bonchev–Trinajstić information content (AvgIpc) is 3.38. The largest absolute Gasteiger partial charge is 0.382 e. The molecule has 0 radical (unpaired) electrons. The SMILES string of the molecule is C[C@H](Cn1cnc2c(N)ncnc21)OCP(=O)(O)OCCSCCCCCCCCCCC#Cc1ccc(S(F)(F)(F)(F)F)cc1. The van der Waals surface area contributed by atoms with Gasteiger partial charge in [-0.05, 0) is 49.8 Å². The quantitative estimate of drug-likeness (QED) is 0.0511. The summed E-state index contributed by atoms with van der Waals surface area (Å²) in [6, 6.07) is 2.71. The van der Waals surface area contributed by atoms with Gasteiger partial charge in [0.1, 0.15) is 23.1 Å². The summed E-state index contributed by atoms with van der Waals surface area (Å²) in [5.41, 5.74) is 7.12. The number of hydrogen-bond acceptors (Lipinski definition) is 8. The Morgan fingerprint density at radius 3 is 2.30 bits per heavy atom. The predicted octanol–water partition coefficient (Wildman–Crippen LogP) is 8.93. The molecule has 0 saturated carbocycles. The molecule has 1 unspecified atom stereocenters. The summed E-state index contributed by atoms with van der Waals surface area (Å²) in [5, 5.41) is 0. The van der Waals surface area contributed by atoms with E-state index in [4.69, 9.17) is 15.0 Å². The van der Waals surface area contributed by atoms with Gasteiger partial charge in [-0.25, -0.2) is 15.0 Å². The molecule has 2 atom stereocenters. The zero-order chi connectivity index (χ0) is 33.7. The first kappa shape index (κ1) is 38.0. The van der Waals surface area contributed by atoms with Crippen LogP contribution in [0.1, 0.15) is 70.3 Å². The number of rotatable bonds is 20. The molecule has 9 nitrogen and oxygen atoms in total. The zero-order valence-electron chi connectivity index (χ0n) is 25.6. The van der Waals surface area contributed by atoms with Crippen molar-refractivity contribution in [3.05, 3.63) is 42.5 Å². The summed E-state index contributed by atoms with van der Waals surface area (Å²) < 4.78 is 88.6. The molecule has 0 bridgehead atoms. The molecule has 258 valence electrons. The van der Waals surface area contributed by atoms with Crippen molar-refractivity contribution in [3.63, 3.8) is 0 Å². The van der Waals surface area contributed by atoms with Crippen molar-refractivity contribution in [1.82, 2.24) is 19.5 Å². The van der Waals surface area contributed by atoms with Crippen LogP contribution < -0.4 is 5.73 Å². The molecular formula is C29H41F5N5O4PS2. The molecule has 0 spiro atoms. The lowest BCUT2D eigenvalue weighted by Gasteiger charge is -2.40. The Labute approximate surface area is 270 Å². The summed E-state index contributed by atoms with van der Waals surface area (Å²) in [7, 11) is -13.5. The predicted molar refractivity (Wildman–Crippen MR) is 175 cm³/mol. The minimum atomic E-state index is -9.64. The highest BCUT2D eigenvalue weighted by molar-refractivity contribution is 8.45. The van der Waals surface area contributed by atoms with Gasteiger partial charge in [0, 0.05) is 17.7 Å². The molecular weight excluding hydrogens is 672 g/mol. The van der Waals surface area contributed by atoms with Crippen LogP contribution in [0.25, 0.3) is 11.2 Å². The molecule has 17 heteroatoms. The fraction of sp³-hybridized carbons (Fsp3) is 0.552. The standard InChI is InChI=1S/C29H41F5N5O4PS2/c1-24(20-39-22-38-27-28(35)36-21-37-29(27)39)42-23-44(40,41)43-17-19-45-18-11-9-7-5-3-2-4-6-8-10-12-25-13-15-26(16-14-25)46(30,31,32,33)34/h13-16,21-22,24H,2-9,11,17-20,23H2,1H3,(H,40,41)(H2,35,36,37)/t24-/m1/s1. The van der Waals surface area contributed by atoms with Crippen LogP contribution >= 0.6 is 29.6 Å². The first-order chi connectivity index (χ1) is 21.5. The molecule has 0 aliphatic carbocycles. The van der Waals surface area contributed by atoms with Gasteiger partial charge in [-0.1, -0.05) is 69.8 Å². The summed E-state index contributed by atoms with van der Waals surface area (Å²) in [6.45, 7) is 2.30. The van der Waals surface area contributed by atoms with Crippen LogP contribution in [0.15, 0.2) is 41.8 Å². The molecule has 1 aromatic carbocycles. The fourth-order valence-corrected chi connectivity index (χ4v) is 6.88. The van der Waals surface area contributed by atoms with Crippen LogP contribution in [0.5, 0.6) is 0 Å². The van der Waals surface area contributed by atoms with E-state index < -0.39 is 29.1 Å².